The first-order valence-corrected chi connectivity index (χ1v) is 7.90. The van der Waals surface area contributed by atoms with Crippen LogP contribution in [0.4, 0.5) is 0 Å². The molecule has 0 aliphatic carbocycles. The second kappa shape index (κ2) is 9.46. The van der Waals surface area contributed by atoms with E-state index < -0.39 is 0 Å². The summed E-state index contributed by atoms with van der Waals surface area (Å²) in [5.41, 5.74) is 0. The topological polar surface area (TPSA) is 27.3 Å². The van der Waals surface area contributed by atoms with E-state index in [1.807, 2.05) is 24.3 Å². The SMILES string of the molecule is CCC[NH+]1CC[NH+](CC2COc3ccccc3O2)CC1.[Cl-].[Cl-]. The number of ether oxygens (including phenoxy) is 2. The molecule has 22 heavy (non-hydrogen) atoms. The molecule has 126 valence electrons. The molecule has 6 heteroatoms. The van der Waals surface area contributed by atoms with Gasteiger partial charge >= 0.3 is 0 Å². The highest BCUT2D eigenvalue weighted by Crippen LogP contribution is 2.30. The summed E-state index contributed by atoms with van der Waals surface area (Å²) in [6.45, 7) is 10.5. The highest BCUT2D eigenvalue weighted by molar-refractivity contribution is 5.40. The average Bonchev–Trinajstić information content (AvgIpc) is 2.49. The van der Waals surface area contributed by atoms with E-state index in [-0.39, 0.29) is 30.9 Å². The zero-order valence-electron chi connectivity index (χ0n) is 13.1. The molecule has 0 aromatic heterocycles. The van der Waals surface area contributed by atoms with Crippen molar-refractivity contribution in [2.24, 2.45) is 0 Å². The number of nitrogens with one attached hydrogen (secondary N) is 2. The molecule has 4 nitrogen and oxygen atoms in total. The van der Waals surface area contributed by atoms with Crippen LogP contribution in [0, 0.1) is 0 Å². The van der Waals surface area contributed by atoms with Crippen LogP contribution in [0.2, 0.25) is 0 Å². The Morgan fingerprint density at radius 3 is 2.32 bits per heavy atom. The Hall–Kier alpha value is -0.680. The Labute approximate surface area is 145 Å². The van der Waals surface area contributed by atoms with Gasteiger partial charge in [-0.05, 0) is 18.6 Å². The van der Waals surface area contributed by atoms with Gasteiger partial charge in [-0.25, -0.2) is 0 Å². The fraction of sp³-hybridized carbons (Fsp3) is 0.625. The molecule has 0 saturated carbocycles. The monoisotopic (exact) mass is 348 g/mol. The Morgan fingerprint density at radius 1 is 1.00 bits per heavy atom. The van der Waals surface area contributed by atoms with Crippen molar-refractivity contribution in [1.29, 1.82) is 0 Å². The molecule has 1 atom stereocenters. The molecule has 1 aromatic rings. The largest absolute Gasteiger partial charge is 1.00 e. The van der Waals surface area contributed by atoms with Crippen molar-refractivity contribution in [2.75, 3.05) is 45.9 Å². The minimum atomic E-state index is 0. The summed E-state index contributed by atoms with van der Waals surface area (Å²) in [5.74, 6) is 1.79. The van der Waals surface area contributed by atoms with Gasteiger partial charge in [-0.1, -0.05) is 19.1 Å². The van der Waals surface area contributed by atoms with Gasteiger partial charge in [0.1, 0.15) is 39.3 Å². The number of para-hydroxylation sites is 2. The molecule has 1 saturated heterocycles. The smallest absolute Gasteiger partial charge is 0.181 e. The van der Waals surface area contributed by atoms with Gasteiger partial charge in [-0.2, -0.15) is 0 Å². The summed E-state index contributed by atoms with van der Waals surface area (Å²) in [7, 11) is 0. The van der Waals surface area contributed by atoms with E-state index in [1.165, 1.54) is 39.1 Å². The average molecular weight is 349 g/mol. The van der Waals surface area contributed by atoms with Gasteiger partial charge in [0, 0.05) is 0 Å². The predicted octanol–water partition coefficient (Wildman–Crippen LogP) is -6.97. The Morgan fingerprint density at radius 2 is 1.64 bits per heavy atom. The van der Waals surface area contributed by atoms with Crippen LogP contribution in [0.25, 0.3) is 0 Å². The van der Waals surface area contributed by atoms with Crippen molar-refractivity contribution >= 4 is 0 Å². The fourth-order valence-electron chi connectivity index (χ4n) is 3.25. The number of hydrogen-bond donors (Lipinski definition) is 2. The number of halogens is 2. The molecule has 2 aliphatic rings. The van der Waals surface area contributed by atoms with E-state index in [2.05, 4.69) is 6.92 Å². The molecule has 2 N–H and O–H groups in total. The normalized spacial score (nSPS) is 26.5. The van der Waals surface area contributed by atoms with E-state index in [1.54, 1.807) is 9.80 Å². The van der Waals surface area contributed by atoms with Crippen molar-refractivity contribution in [3.05, 3.63) is 24.3 Å². The van der Waals surface area contributed by atoms with Crippen LogP contribution >= 0.6 is 0 Å². The van der Waals surface area contributed by atoms with E-state index in [9.17, 15) is 0 Å². The van der Waals surface area contributed by atoms with Crippen molar-refractivity contribution < 1.29 is 44.1 Å². The lowest BCUT2D eigenvalue weighted by Crippen LogP contribution is -3.28. The summed E-state index contributed by atoms with van der Waals surface area (Å²) in [6, 6.07) is 7.97. The lowest BCUT2D eigenvalue weighted by Gasteiger charge is -2.33. The van der Waals surface area contributed by atoms with Crippen molar-refractivity contribution in [3.8, 4) is 11.5 Å². The zero-order chi connectivity index (χ0) is 13.8. The second-order valence-corrected chi connectivity index (χ2v) is 5.95. The van der Waals surface area contributed by atoms with Crippen LogP contribution in [0.5, 0.6) is 11.5 Å². The maximum Gasteiger partial charge on any atom is 0.181 e. The van der Waals surface area contributed by atoms with Crippen LogP contribution in [-0.2, 0) is 0 Å². The second-order valence-electron chi connectivity index (χ2n) is 5.95. The Balaban J connectivity index is 0.00000121. The molecule has 2 heterocycles. The van der Waals surface area contributed by atoms with Crippen LogP contribution < -0.4 is 44.1 Å². The Bertz CT molecular complexity index is 440. The van der Waals surface area contributed by atoms with Crippen LogP contribution in [-0.4, -0.2) is 52.0 Å². The van der Waals surface area contributed by atoms with Crippen LogP contribution in [0.3, 0.4) is 0 Å². The Kier molecular flexibility index (Phi) is 8.33. The standard InChI is InChI=1S/C16H24N2O2.2ClH/c1-2-7-17-8-10-18(11-9-17)12-14-13-19-15-5-3-4-6-16(15)20-14;;/h3-6,14H,2,7-13H2,1H3;2*1H. The fourth-order valence-corrected chi connectivity index (χ4v) is 3.25. The van der Waals surface area contributed by atoms with Crippen molar-refractivity contribution in [3.63, 3.8) is 0 Å². The number of benzene rings is 1. The maximum atomic E-state index is 6.06. The molecular formula is C16H26Cl2N2O2. The quantitative estimate of drug-likeness (QED) is 0.566. The third kappa shape index (κ3) is 4.92. The van der Waals surface area contributed by atoms with Crippen LogP contribution in [0.1, 0.15) is 13.3 Å². The van der Waals surface area contributed by atoms with Gasteiger partial charge in [0.15, 0.2) is 17.6 Å². The number of rotatable bonds is 4. The van der Waals surface area contributed by atoms with Crippen molar-refractivity contribution in [1.82, 2.24) is 0 Å². The molecule has 2 aliphatic heterocycles. The van der Waals surface area contributed by atoms with Gasteiger partial charge in [0.2, 0.25) is 0 Å². The summed E-state index contributed by atoms with van der Waals surface area (Å²) in [5, 5.41) is 0. The molecule has 0 amide bonds. The van der Waals surface area contributed by atoms with E-state index in [0.29, 0.717) is 6.61 Å². The number of quaternary nitrogens is 2. The van der Waals surface area contributed by atoms with E-state index >= 15 is 0 Å². The minimum Gasteiger partial charge on any atom is -1.00 e. The zero-order valence-corrected chi connectivity index (χ0v) is 14.6. The first-order chi connectivity index (χ1) is 9.85. The van der Waals surface area contributed by atoms with Gasteiger partial charge in [0.25, 0.3) is 0 Å². The minimum absolute atomic E-state index is 0. The number of hydrogen-bond acceptors (Lipinski definition) is 2. The van der Waals surface area contributed by atoms with E-state index in [4.69, 9.17) is 9.47 Å². The molecule has 3 rings (SSSR count). The lowest BCUT2D eigenvalue weighted by molar-refractivity contribution is -1.01. The molecular weight excluding hydrogens is 323 g/mol. The first kappa shape index (κ1) is 19.4. The summed E-state index contributed by atoms with van der Waals surface area (Å²) in [6.07, 6.45) is 1.49. The third-order valence-corrected chi connectivity index (χ3v) is 4.35. The maximum absolute atomic E-state index is 6.06. The molecule has 1 aromatic carbocycles. The molecule has 0 spiro atoms. The van der Waals surface area contributed by atoms with Gasteiger partial charge in [-0.3, -0.25) is 0 Å². The van der Waals surface area contributed by atoms with E-state index in [0.717, 1.165) is 18.0 Å². The molecule has 0 radical (unpaired) electrons. The van der Waals surface area contributed by atoms with Crippen LogP contribution in [0.15, 0.2) is 24.3 Å². The highest BCUT2D eigenvalue weighted by atomic mass is 35.5. The first-order valence-electron chi connectivity index (χ1n) is 7.90. The number of fused-ring (bicyclic) bond motifs is 1. The predicted molar refractivity (Wildman–Crippen MR) is 77.8 cm³/mol. The number of piperazine rings is 1. The summed E-state index contributed by atoms with van der Waals surface area (Å²) in [4.78, 5) is 3.43. The summed E-state index contributed by atoms with van der Waals surface area (Å²) < 4.78 is 11.9. The van der Waals surface area contributed by atoms with Gasteiger partial charge < -0.3 is 44.1 Å². The molecule has 0 bridgehead atoms. The van der Waals surface area contributed by atoms with Gasteiger partial charge in [-0.15, -0.1) is 0 Å². The van der Waals surface area contributed by atoms with Crippen molar-refractivity contribution in [2.45, 2.75) is 19.4 Å². The van der Waals surface area contributed by atoms with Gasteiger partial charge in [0.05, 0.1) is 6.54 Å². The summed E-state index contributed by atoms with van der Waals surface area (Å²) >= 11 is 0. The lowest BCUT2D eigenvalue weighted by atomic mass is 10.2. The molecule has 1 unspecified atom stereocenters. The third-order valence-electron chi connectivity index (χ3n) is 4.35. The molecule has 1 fully saturated rings. The highest BCUT2D eigenvalue weighted by Gasteiger charge is 2.28.